The van der Waals surface area contributed by atoms with Gasteiger partial charge in [-0.1, -0.05) is 36.4 Å². The van der Waals surface area contributed by atoms with E-state index in [1.54, 1.807) is 0 Å². The zero-order valence-electron chi connectivity index (χ0n) is 9.14. The van der Waals surface area contributed by atoms with Crippen LogP contribution in [0.1, 0.15) is 11.5 Å². The fourth-order valence-electron chi connectivity index (χ4n) is 2.06. The third kappa shape index (κ3) is 1.87. The molecule has 1 aliphatic rings. The van der Waals surface area contributed by atoms with Gasteiger partial charge < -0.3 is 17.2 Å². The highest BCUT2D eigenvalue weighted by Gasteiger charge is 2.31. The van der Waals surface area contributed by atoms with E-state index in [0.29, 0.717) is 6.54 Å². The van der Waals surface area contributed by atoms with Gasteiger partial charge in [0.1, 0.15) is 0 Å². The van der Waals surface area contributed by atoms with Crippen LogP contribution in [0, 0.1) is 0 Å². The molecule has 0 amide bonds. The van der Waals surface area contributed by atoms with Gasteiger partial charge in [-0.2, -0.15) is 0 Å². The zero-order chi connectivity index (χ0) is 11.6. The Morgan fingerprint density at radius 2 is 2.06 bits per heavy atom. The summed E-state index contributed by atoms with van der Waals surface area (Å²) < 4.78 is 0. The topological polar surface area (TPSA) is 78.1 Å². The van der Waals surface area contributed by atoms with Gasteiger partial charge in [-0.15, -0.1) is 0 Å². The van der Waals surface area contributed by atoms with Crippen molar-refractivity contribution in [1.29, 1.82) is 0 Å². The third-order valence-corrected chi connectivity index (χ3v) is 3.02. The molecule has 3 nitrogen and oxygen atoms in total. The van der Waals surface area contributed by atoms with E-state index in [-0.39, 0.29) is 5.92 Å². The van der Waals surface area contributed by atoms with Crippen molar-refractivity contribution in [2.75, 3.05) is 12.3 Å². The first kappa shape index (κ1) is 10.9. The van der Waals surface area contributed by atoms with Crippen molar-refractivity contribution >= 4 is 5.69 Å². The second-order valence-electron chi connectivity index (χ2n) is 4.21. The molecular formula is C13H17N3. The highest BCUT2D eigenvalue weighted by molar-refractivity contribution is 5.46. The Morgan fingerprint density at radius 1 is 1.25 bits per heavy atom. The largest absolute Gasteiger partial charge is 0.399 e. The second-order valence-corrected chi connectivity index (χ2v) is 4.21. The number of allylic oxidation sites excluding steroid dienone is 2. The lowest BCUT2D eigenvalue weighted by molar-refractivity contribution is 0.483. The Bertz CT molecular complexity index is 437. The monoisotopic (exact) mass is 215 g/mol. The molecule has 0 heterocycles. The van der Waals surface area contributed by atoms with Gasteiger partial charge in [0.15, 0.2) is 0 Å². The van der Waals surface area contributed by atoms with Gasteiger partial charge in [0.2, 0.25) is 0 Å². The number of anilines is 1. The van der Waals surface area contributed by atoms with Crippen molar-refractivity contribution in [2.45, 2.75) is 11.5 Å². The van der Waals surface area contributed by atoms with Crippen LogP contribution < -0.4 is 17.2 Å². The van der Waals surface area contributed by atoms with Crippen LogP contribution in [-0.2, 0) is 0 Å². The van der Waals surface area contributed by atoms with Crippen LogP contribution in [0.3, 0.4) is 0 Å². The van der Waals surface area contributed by atoms with Crippen LogP contribution in [0.2, 0.25) is 0 Å². The molecule has 1 aromatic rings. The quantitative estimate of drug-likeness (QED) is 0.647. The number of hydrogen-bond acceptors (Lipinski definition) is 3. The normalized spacial score (nSPS) is 28.2. The molecule has 2 rings (SSSR count). The van der Waals surface area contributed by atoms with Crippen LogP contribution in [0.4, 0.5) is 5.69 Å². The Labute approximate surface area is 95.6 Å². The molecule has 0 saturated heterocycles. The Balaban J connectivity index is 2.39. The first-order valence-corrected chi connectivity index (χ1v) is 5.36. The SMILES string of the molecule is NCC1(N)C=CC=CC1c1cccc(N)c1. The van der Waals surface area contributed by atoms with Gasteiger partial charge in [-0.25, -0.2) is 0 Å². The van der Waals surface area contributed by atoms with E-state index in [0.717, 1.165) is 11.3 Å². The number of rotatable bonds is 2. The number of benzene rings is 1. The molecule has 0 saturated carbocycles. The molecule has 0 aromatic heterocycles. The second kappa shape index (κ2) is 4.12. The van der Waals surface area contributed by atoms with Crippen molar-refractivity contribution in [2.24, 2.45) is 11.5 Å². The van der Waals surface area contributed by atoms with Gasteiger partial charge in [-0.3, -0.25) is 0 Å². The maximum Gasteiger partial charge on any atom is 0.0571 e. The summed E-state index contributed by atoms with van der Waals surface area (Å²) in [7, 11) is 0. The Morgan fingerprint density at radius 3 is 2.75 bits per heavy atom. The van der Waals surface area contributed by atoms with Crippen LogP contribution in [0.15, 0.2) is 48.6 Å². The van der Waals surface area contributed by atoms with Crippen molar-refractivity contribution in [1.82, 2.24) is 0 Å². The predicted octanol–water partition coefficient (Wildman–Crippen LogP) is 1.13. The molecule has 0 radical (unpaired) electrons. The molecule has 0 aliphatic heterocycles. The molecule has 0 bridgehead atoms. The van der Waals surface area contributed by atoms with E-state index >= 15 is 0 Å². The van der Waals surface area contributed by atoms with Crippen molar-refractivity contribution in [3.8, 4) is 0 Å². The fourth-order valence-corrected chi connectivity index (χ4v) is 2.06. The van der Waals surface area contributed by atoms with Crippen LogP contribution in [0.25, 0.3) is 0 Å². The lowest BCUT2D eigenvalue weighted by Crippen LogP contribution is -2.50. The molecule has 84 valence electrons. The summed E-state index contributed by atoms with van der Waals surface area (Å²) in [6.45, 7) is 0.410. The molecule has 0 spiro atoms. The summed E-state index contributed by atoms with van der Waals surface area (Å²) >= 11 is 0. The van der Waals surface area contributed by atoms with E-state index in [1.165, 1.54) is 0 Å². The van der Waals surface area contributed by atoms with E-state index in [4.69, 9.17) is 17.2 Å². The van der Waals surface area contributed by atoms with Crippen LogP contribution in [-0.4, -0.2) is 12.1 Å². The van der Waals surface area contributed by atoms with Gasteiger partial charge in [-0.05, 0) is 17.7 Å². The Hall–Kier alpha value is -1.58. The Kier molecular flexibility index (Phi) is 2.81. The van der Waals surface area contributed by atoms with E-state index < -0.39 is 5.54 Å². The number of nitrogens with two attached hydrogens (primary N) is 3. The standard InChI is InChI=1S/C13H17N3/c14-9-13(16)7-2-1-6-12(13)10-4-3-5-11(15)8-10/h1-8,12H,9,14-16H2. The highest BCUT2D eigenvalue weighted by Crippen LogP contribution is 2.31. The molecule has 1 aliphatic carbocycles. The van der Waals surface area contributed by atoms with Crippen LogP contribution >= 0.6 is 0 Å². The molecule has 2 atom stereocenters. The van der Waals surface area contributed by atoms with Crippen molar-refractivity contribution < 1.29 is 0 Å². The van der Waals surface area contributed by atoms with E-state index in [2.05, 4.69) is 6.08 Å². The van der Waals surface area contributed by atoms with Crippen LogP contribution in [0.5, 0.6) is 0 Å². The maximum absolute atomic E-state index is 6.28. The molecular weight excluding hydrogens is 198 g/mol. The fraction of sp³-hybridized carbons (Fsp3) is 0.231. The minimum atomic E-state index is -0.511. The lowest BCUT2D eigenvalue weighted by Gasteiger charge is -2.34. The van der Waals surface area contributed by atoms with E-state index in [1.807, 2.05) is 42.5 Å². The summed E-state index contributed by atoms with van der Waals surface area (Å²) in [6, 6.07) is 7.79. The lowest BCUT2D eigenvalue weighted by atomic mass is 9.77. The first-order valence-electron chi connectivity index (χ1n) is 5.36. The number of hydrogen-bond donors (Lipinski definition) is 3. The molecule has 16 heavy (non-hydrogen) atoms. The average Bonchev–Trinajstić information content (AvgIpc) is 2.29. The van der Waals surface area contributed by atoms with E-state index in [9.17, 15) is 0 Å². The smallest absolute Gasteiger partial charge is 0.0571 e. The summed E-state index contributed by atoms with van der Waals surface area (Å²) in [6.07, 6.45) is 7.97. The zero-order valence-corrected chi connectivity index (χ0v) is 9.14. The summed E-state index contributed by atoms with van der Waals surface area (Å²) in [5.74, 6) is 0.0889. The molecule has 0 fully saturated rings. The van der Waals surface area contributed by atoms with Gasteiger partial charge in [0.25, 0.3) is 0 Å². The molecule has 6 N–H and O–H groups in total. The molecule has 3 heteroatoms. The highest BCUT2D eigenvalue weighted by atomic mass is 14.8. The van der Waals surface area contributed by atoms with Gasteiger partial charge >= 0.3 is 0 Å². The minimum absolute atomic E-state index is 0.0889. The van der Waals surface area contributed by atoms with Gasteiger partial charge in [0, 0.05) is 18.2 Å². The summed E-state index contributed by atoms with van der Waals surface area (Å²) in [5.41, 5.74) is 19.2. The molecule has 1 aromatic carbocycles. The third-order valence-electron chi connectivity index (χ3n) is 3.02. The first-order chi connectivity index (χ1) is 7.65. The minimum Gasteiger partial charge on any atom is -0.399 e. The predicted molar refractivity (Wildman–Crippen MR) is 67.8 cm³/mol. The summed E-state index contributed by atoms with van der Waals surface area (Å²) in [5, 5.41) is 0. The average molecular weight is 215 g/mol. The maximum atomic E-state index is 6.28. The summed E-state index contributed by atoms with van der Waals surface area (Å²) in [4.78, 5) is 0. The van der Waals surface area contributed by atoms with Crippen molar-refractivity contribution in [3.63, 3.8) is 0 Å². The molecule has 2 unspecified atom stereocenters. The van der Waals surface area contributed by atoms with Crippen molar-refractivity contribution in [3.05, 3.63) is 54.1 Å². The number of nitrogen functional groups attached to an aromatic ring is 1. The van der Waals surface area contributed by atoms with Gasteiger partial charge in [0.05, 0.1) is 5.54 Å².